The van der Waals surface area contributed by atoms with Gasteiger partial charge in [0.25, 0.3) is 0 Å². The number of sulfonamides is 1. The fourth-order valence-electron chi connectivity index (χ4n) is 3.00. The molecule has 8 nitrogen and oxygen atoms in total. The minimum Gasteiger partial charge on any atom is -0.284 e. The van der Waals surface area contributed by atoms with Crippen LogP contribution in [0, 0.1) is 0 Å². The number of nitrogens with one attached hydrogen (secondary N) is 2. The van der Waals surface area contributed by atoms with Crippen LogP contribution >= 0.6 is 0 Å². The summed E-state index contributed by atoms with van der Waals surface area (Å²) in [5, 5.41) is 14.1. The molecule has 1 atom stereocenters. The lowest BCUT2D eigenvalue weighted by molar-refractivity contribution is 0.313. The number of aromatic nitrogens is 5. The number of pyridine rings is 1. The Balaban J connectivity index is 1.61. The predicted octanol–water partition coefficient (Wildman–Crippen LogP) is 1.25. The molecule has 2 N–H and O–H groups in total. The summed E-state index contributed by atoms with van der Waals surface area (Å²) in [5.74, 6) is 0.0816. The van der Waals surface area contributed by atoms with Gasteiger partial charge in [-0.05, 0) is 25.0 Å². The van der Waals surface area contributed by atoms with Gasteiger partial charge in [-0.25, -0.2) is 13.4 Å². The summed E-state index contributed by atoms with van der Waals surface area (Å²) in [6, 6.07) is 3.92. The molecule has 0 radical (unpaired) electrons. The number of hydrogen-bond donors (Lipinski definition) is 2. The van der Waals surface area contributed by atoms with Crippen molar-refractivity contribution in [2.45, 2.75) is 23.7 Å². The van der Waals surface area contributed by atoms with Crippen LogP contribution in [0.2, 0.25) is 0 Å². The minimum atomic E-state index is -3.50. The van der Waals surface area contributed by atoms with Crippen LogP contribution < -0.4 is 0 Å². The summed E-state index contributed by atoms with van der Waals surface area (Å²) in [5.41, 5.74) is 1.63. The molecule has 120 valence electrons. The third-order valence-electron chi connectivity index (χ3n) is 4.24. The maximum absolute atomic E-state index is 12.6. The second-order valence-corrected chi connectivity index (χ2v) is 7.62. The maximum Gasteiger partial charge on any atom is 0.246 e. The van der Waals surface area contributed by atoms with Crippen molar-refractivity contribution in [3.8, 4) is 0 Å². The van der Waals surface area contributed by atoms with Gasteiger partial charge < -0.3 is 0 Å². The Bertz CT molecular complexity index is 918. The lowest BCUT2D eigenvalue weighted by Gasteiger charge is -2.31. The van der Waals surface area contributed by atoms with Crippen LogP contribution in [0.5, 0.6) is 0 Å². The Hall–Kier alpha value is -2.26. The van der Waals surface area contributed by atoms with Crippen molar-refractivity contribution in [2.75, 3.05) is 13.1 Å². The number of rotatable bonds is 3. The molecule has 1 unspecified atom stereocenters. The Morgan fingerprint density at radius 2 is 2.13 bits per heavy atom. The Labute approximate surface area is 133 Å². The molecule has 1 aliphatic heterocycles. The van der Waals surface area contributed by atoms with E-state index in [1.54, 1.807) is 6.20 Å². The van der Waals surface area contributed by atoms with Crippen LogP contribution in [-0.4, -0.2) is 51.2 Å². The zero-order valence-electron chi connectivity index (χ0n) is 12.3. The predicted molar refractivity (Wildman–Crippen MR) is 83.2 cm³/mol. The van der Waals surface area contributed by atoms with Crippen molar-refractivity contribution in [2.24, 2.45) is 0 Å². The molecule has 4 heterocycles. The summed E-state index contributed by atoms with van der Waals surface area (Å²) in [4.78, 5) is 4.78. The number of fused-ring (bicyclic) bond motifs is 1. The van der Waals surface area contributed by atoms with E-state index in [1.807, 2.05) is 12.1 Å². The molecule has 0 spiro atoms. The van der Waals surface area contributed by atoms with E-state index in [0.717, 1.165) is 29.6 Å². The van der Waals surface area contributed by atoms with Gasteiger partial charge in [-0.2, -0.15) is 14.5 Å². The largest absolute Gasteiger partial charge is 0.284 e. The lowest BCUT2D eigenvalue weighted by Crippen LogP contribution is -2.39. The molecule has 23 heavy (non-hydrogen) atoms. The van der Waals surface area contributed by atoms with Gasteiger partial charge in [0.15, 0.2) is 5.65 Å². The first-order valence-corrected chi connectivity index (χ1v) is 8.87. The van der Waals surface area contributed by atoms with Crippen molar-refractivity contribution in [1.82, 2.24) is 29.7 Å². The highest BCUT2D eigenvalue weighted by molar-refractivity contribution is 7.89. The molecular formula is C14H16N6O2S. The Morgan fingerprint density at radius 1 is 1.22 bits per heavy atom. The second-order valence-electron chi connectivity index (χ2n) is 5.68. The van der Waals surface area contributed by atoms with Gasteiger partial charge >= 0.3 is 0 Å². The molecule has 1 saturated heterocycles. The Morgan fingerprint density at radius 3 is 2.96 bits per heavy atom. The van der Waals surface area contributed by atoms with Gasteiger partial charge in [0, 0.05) is 36.3 Å². The van der Waals surface area contributed by atoms with E-state index in [2.05, 4.69) is 25.4 Å². The van der Waals surface area contributed by atoms with Crippen molar-refractivity contribution in [3.63, 3.8) is 0 Å². The van der Waals surface area contributed by atoms with Crippen LogP contribution in [0.25, 0.3) is 11.0 Å². The van der Waals surface area contributed by atoms with Gasteiger partial charge in [-0.15, -0.1) is 0 Å². The minimum absolute atomic E-state index is 0.0816. The number of nitrogens with zero attached hydrogens (tertiary/aromatic N) is 4. The number of H-pyrrole nitrogens is 2. The van der Waals surface area contributed by atoms with Crippen molar-refractivity contribution >= 4 is 21.1 Å². The summed E-state index contributed by atoms with van der Waals surface area (Å²) in [7, 11) is -3.50. The molecule has 0 bridgehead atoms. The normalized spacial score (nSPS) is 20.1. The number of aromatic amines is 2. The van der Waals surface area contributed by atoms with E-state index in [4.69, 9.17) is 0 Å². The summed E-state index contributed by atoms with van der Waals surface area (Å²) >= 11 is 0. The van der Waals surface area contributed by atoms with Crippen molar-refractivity contribution in [3.05, 3.63) is 36.4 Å². The molecule has 3 aromatic heterocycles. The molecule has 3 aromatic rings. The molecule has 1 aliphatic rings. The smallest absolute Gasteiger partial charge is 0.246 e. The monoisotopic (exact) mass is 332 g/mol. The highest BCUT2D eigenvalue weighted by atomic mass is 32.2. The first kappa shape index (κ1) is 14.3. The zero-order chi connectivity index (χ0) is 15.9. The van der Waals surface area contributed by atoms with Crippen molar-refractivity contribution in [1.29, 1.82) is 0 Å². The molecule has 0 amide bonds. The number of piperidine rings is 1. The second kappa shape index (κ2) is 5.43. The first-order chi connectivity index (χ1) is 11.1. The molecule has 4 rings (SSSR count). The maximum atomic E-state index is 12.6. The molecule has 0 saturated carbocycles. The SMILES string of the molecule is O=S(=O)(c1cn[nH]c1)N1CCCC(c2ccc3cn[nH]c3n2)C1. The average Bonchev–Trinajstić information content (AvgIpc) is 3.26. The van der Waals surface area contributed by atoms with Gasteiger partial charge in [-0.3, -0.25) is 10.2 Å². The highest BCUT2D eigenvalue weighted by Crippen LogP contribution is 2.29. The quantitative estimate of drug-likeness (QED) is 0.750. The topological polar surface area (TPSA) is 108 Å². The average molecular weight is 332 g/mol. The van der Waals surface area contributed by atoms with E-state index in [0.29, 0.717) is 13.1 Å². The van der Waals surface area contributed by atoms with Gasteiger partial charge in [-0.1, -0.05) is 0 Å². The molecule has 0 aromatic carbocycles. The van der Waals surface area contributed by atoms with Crippen LogP contribution in [0.15, 0.2) is 35.6 Å². The van der Waals surface area contributed by atoms with Crippen LogP contribution in [0.4, 0.5) is 0 Å². The van der Waals surface area contributed by atoms with Crippen molar-refractivity contribution < 1.29 is 8.42 Å². The van der Waals surface area contributed by atoms with E-state index in [9.17, 15) is 8.42 Å². The highest BCUT2D eigenvalue weighted by Gasteiger charge is 2.32. The van der Waals surface area contributed by atoms with Crippen LogP contribution in [-0.2, 0) is 10.0 Å². The fraction of sp³-hybridized carbons (Fsp3) is 0.357. The van der Waals surface area contributed by atoms with E-state index in [-0.39, 0.29) is 10.8 Å². The summed E-state index contributed by atoms with van der Waals surface area (Å²) in [6.07, 6.45) is 6.21. The lowest BCUT2D eigenvalue weighted by atomic mass is 9.95. The third kappa shape index (κ3) is 2.51. The number of hydrogen-bond acceptors (Lipinski definition) is 5. The van der Waals surface area contributed by atoms with Gasteiger partial charge in [0.05, 0.1) is 12.4 Å². The standard InChI is InChI=1S/C14H16N6O2S/c21-23(22,12-7-15-16-8-12)20-5-1-2-11(9-20)13-4-3-10-6-17-19-14(10)18-13/h3-4,6-8,11H,1-2,5,9H2,(H,15,16)(H,17,18,19). The first-order valence-electron chi connectivity index (χ1n) is 7.43. The van der Waals surface area contributed by atoms with Crippen LogP contribution in [0.1, 0.15) is 24.5 Å². The fourth-order valence-corrected chi connectivity index (χ4v) is 4.43. The molecule has 9 heteroatoms. The third-order valence-corrected chi connectivity index (χ3v) is 6.07. The molecule has 0 aliphatic carbocycles. The van der Waals surface area contributed by atoms with Crippen LogP contribution in [0.3, 0.4) is 0 Å². The van der Waals surface area contributed by atoms with E-state index < -0.39 is 10.0 Å². The van der Waals surface area contributed by atoms with E-state index in [1.165, 1.54) is 16.7 Å². The summed E-state index contributed by atoms with van der Waals surface area (Å²) in [6.45, 7) is 0.955. The molecule has 1 fully saturated rings. The van der Waals surface area contributed by atoms with Gasteiger partial charge in [0.2, 0.25) is 10.0 Å². The Kier molecular flexibility index (Phi) is 3.38. The molecular weight excluding hydrogens is 316 g/mol. The van der Waals surface area contributed by atoms with Gasteiger partial charge in [0.1, 0.15) is 4.90 Å². The zero-order valence-corrected chi connectivity index (χ0v) is 13.1. The summed E-state index contributed by atoms with van der Waals surface area (Å²) < 4.78 is 26.8. The van der Waals surface area contributed by atoms with E-state index >= 15 is 0 Å².